The molecule has 22 heavy (non-hydrogen) atoms. The van der Waals surface area contributed by atoms with Gasteiger partial charge in [0.15, 0.2) is 5.76 Å². The number of aromatic nitrogens is 2. The lowest BCUT2D eigenvalue weighted by Gasteiger charge is -2.27. The highest BCUT2D eigenvalue weighted by Gasteiger charge is 2.26. The van der Waals surface area contributed by atoms with Gasteiger partial charge in [-0.2, -0.15) is 0 Å². The number of carbonyl (C=O) groups is 1. The Kier molecular flexibility index (Phi) is 2.82. The summed E-state index contributed by atoms with van der Waals surface area (Å²) in [5.41, 5.74) is 1.88. The Morgan fingerprint density at radius 1 is 1.23 bits per heavy atom. The van der Waals surface area contributed by atoms with Crippen LogP contribution in [0.4, 0.5) is 0 Å². The van der Waals surface area contributed by atoms with E-state index in [4.69, 9.17) is 4.42 Å². The smallest absolute Gasteiger partial charge is 0.289 e. The van der Waals surface area contributed by atoms with Crippen molar-refractivity contribution in [1.29, 1.82) is 0 Å². The summed E-state index contributed by atoms with van der Waals surface area (Å²) in [5, 5.41) is 0. The van der Waals surface area contributed by atoms with Gasteiger partial charge in [-0.15, -0.1) is 0 Å². The molecule has 1 aliphatic rings. The molecule has 110 valence electrons. The first-order valence-corrected chi connectivity index (χ1v) is 7.06. The van der Waals surface area contributed by atoms with E-state index < -0.39 is 0 Å². The van der Waals surface area contributed by atoms with Gasteiger partial charge in [0.2, 0.25) is 0 Å². The summed E-state index contributed by atoms with van der Waals surface area (Å²) in [6.45, 7) is 0.792. The molecule has 0 aliphatic carbocycles. The summed E-state index contributed by atoms with van der Waals surface area (Å²) in [6, 6.07) is 8.75. The predicted octanol–water partition coefficient (Wildman–Crippen LogP) is 1.49. The molecule has 0 spiro atoms. The Morgan fingerprint density at radius 3 is 2.95 bits per heavy atom. The van der Waals surface area contributed by atoms with Crippen molar-refractivity contribution in [2.45, 2.75) is 13.0 Å². The summed E-state index contributed by atoms with van der Waals surface area (Å²) in [5.74, 6) is 0.0884. The van der Waals surface area contributed by atoms with Gasteiger partial charge in [0.1, 0.15) is 5.65 Å². The van der Waals surface area contributed by atoms with Gasteiger partial charge in [-0.1, -0.05) is 6.07 Å². The molecule has 0 bridgehead atoms. The third-order valence-corrected chi connectivity index (χ3v) is 3.90. The van der Waals surface area contributed by atoms with Crippen LogP contribution in [0, 0.1) is 0 Å². The quantitative estimate of drug-likeness (QED) is 0.682. The lowest BCUT2D eigenvalue weighted by molar-refractivity contribution is 0.0700. The second-order valence-corrected chi connectivity index (χ2v) is 5.23. The predicted molar refractivity (Wildman–Crippen MR) is 78.6 cm³/mol. The lowest BCUT2D eigenvalue weighted by Crippen LogP contribution is -2.40. The number of nitrogens with zero attached hydrogens (tertiary/aromatic N) is 3. The molecule has 0 aromatic carbocycles. The first-order valence-electron chi connectivity index (χ1n) is 7.06. The van der Waals surface area contributed by atoms with Gasteiger partial charge in [-0.05, 0) is 24.3 Å². The average molecular weight is 295 g/mol. The normalized spacial score (nSPS) is 14.1. The number of furan rings is 1. The molecule has 1 amide bonds. The van der Waals surface area contributed by atoms with E-state index in [0.29, 0.717) is 24.2 Å². The average Bonchev–Trinajstić information content (AvgIpc) is 3.09. The van der Waals surface area contributed by atoms with Crippen molar-refractivity contribution in [3.05, 3.63) is 70.2 Å². The van der Waals surface area contributed by atoms with Crippen LogP contribution < -0.4 is 5.56 Å². The minimum Gasteiger partial charge on any atom is -0.459 e. The van der Waals surface area contributed by atoms with Crippen LogP contribution in [0.3, 0.4) is 0 Å². The Labute approximate surface area is 125 Å². The monoisotopic (exact) mass is 295 g/mol. The van der Waals surface area contributed by atoms with Crippen LogP contribution in [-0.2, 0) is 13.0 Å². The topological polar surface area (TPSA) is 67.8 Å². The molecule has 4 heterocycles. The molecule has 3 aromatic heterocycles. The molecule has 0 atom stereocenters. The van der Waals surface area contributed by atoms with Gasteiger partial charge >= 0.3 is 0 Å². The highest BCUT2D eigenvalue weighted by atomic mass is 16.3. The van der Waals surface area contributed by atoms with Crippen molar-refractivity contribution >= 4 is 11.6 Å². The second-order valence-electron chi connectivity index (χ2n) is 5.23. The summed E-state index contributed by atoms with van der Waals surface area (Å²) in [7, 11) is 0. The van der Waals surface area contributed by atoms with Gasteiger partial charge in [-0.25, -0.2) is 4.98 Å². The second kappa shape index (κ2) is 4.84. The van der Waals surface area contributed by atoms with E-state index in [0.717, 1.165) is 5.69 Å². The number of rotatable bonds is 1. The van der Waals surface area contributed by atoms with Crippen LogP contribution in [0.5, 0.6) is 0 Å². The maximum atomic E-state index is 12.6. The fraction of sp³-hybridized carbons (Fsp3) is 0.188. The van der Waals surface area contributed by atoms with E-state index in [2.05, 4.69) is 4.98 Å². The summed E-state index contributed by atoms with van der Waals surface area (Å²) < 4.78 is 6.66. The third kappa shape index (κ3) is 1.92. The maximum absolute atomic E-state index is 12.6. The molecule has 6 nitrogen and oxygen atoms in total. The largest absolute Gasteiger partial charge is 0.459 e. The van der Waals surface area contributed by atoms with Crippen molar-refractivity contribution in [3.8, 4) is 0 Å². The van der Waals surface area contributed by atoms with Crippen molar-refractivity contribution in [2.75, 3.05) is 6.54 Å². The number of carbonyl (C=O) groups excluding carboxylic acids is 1. The molecule has 1 aliphatic heterocycles. The van der Waals surface area contributed by atoms with Crippen LogP contribution in [-0.4, -0.2) is 26.7 Å². The van der Waals surface area contributed by atoms with Gasteiger partial charge in [0, 0.05) is 19.2 Å². The van der Waals surface area contributed by atoms with Crippen LogP contribution >= 0.6 is 0 Å². The summed E-state index contributed by atoms with van der Waals surface area (Å²) >= 11 is 0. The minimum absolute atomic E-state index is 0.113. The van der Waals surface area contributed by atoms with Crippen LogP contribution in [0.1, 0.15) is 21.8 Å². The zero-order valence-corrected chi connectivity index (χ0v) is 11.7. The fourth-order valence-corrected chi connectivity index (χ4v) is 2.78. The number of hydrogen-bond donors (Lipinski definition) is 0. The van der Waals surface area contributed by atoms with Gasteiger partial charge in [-0.3, -0.25) is 14.0 Å². The summed E-state index contributed by atoms with van der Waals surface area (Å²) in [4.78, 5) is 31.1. The van der Waals surface area contributed by atoms with E-state index >= 15 is 0 Å². The molecule has 4 rings (SSSR count). The number of hydrogen-bond acceptors (Lipinski definition) is 4. The van der Waals surface area contributed by atoms with Crippen molar-refractivity contribution in [3.63, 3.8) is 0 Å². The number of fused-ring (bicyclic) bond motifs is 2. The molecule has 0 saturated heterocycles. The zero-order valence-electron chi connectivity index (χ0n) is 11.7. The molecule has 0 N–H and O–H groups in total. The van der Waals surface area contributed by atoms with E-state index in [1.807, 2.05) is 12.1 Å². The van der Waals surface area contributed by atoms with Gasteiger partial charge in [0.05, 0.1) is 24.1 Å². The first kappa shape index (κ1) is 12.8. The Bertz CT molecular complexity index is 912. The van der Waals surface area contributed by atoms with E-state index in [9.17, 15) is 9.59 Å². The molecule has 0 radical (unpaired) electrons. The highest BCUT2D eigenvalue weighted by Crippen LogP contribution is 2.17. The van der Waals surface area contributed by atoms with E-state index in [-0.39, 0.29) is 23.8 Å². The fourth-order valence-electron chi connectivity index (χ4n) is 2.78. The van der Waals surface area contributed by atoms with Crippen molar-refractivity contribution in [2.24, 2.45) is 0 Å². The zero-order chi connectivity index (χ0) is 15.1. The maximum Gasteiger partial charge on any atom is 0.289 e. The first-order chi connectivity index (χ1) is 10.7. The van der Waals surface area contributed by atoms with Crippen molar-refractivity contribution < 1.29 is 9.21 Å². The molecular weight excluding hydrogens is 282 g/mol. The molecule has 6 heteroatoms. The van der Waals surface area contributed by atoms with Gasteiger partial charge < -0.3 is 9.32 Å². The molecule has 0 fully saturated rings. The Hall–Kier alpha value is -2.89. The number of pyridine rings is 1. The Morgan fingerprint density at radius 2 is 2.14 bits per heavy atom. The molecule has 0 unspecified atom stereocenters. The van der Waals surface area contributed by atoms with E-state index in [1.54, 1.807) is 29.3 Å². The SMILES string of the molecule is O=C(c1ccco1)N1CCc2nc3ccccn3c(=O)c2C1. The molecule has 3 aromatic rings. The minimum atomic E-state index is -0.201. The lowest BCUT2D eigenvalue weighted by atomic mass is 10.1. The van der Waals surface area contributed by atoms with Crippen LogP contribution in [0.25, 0.3) is 5.65 Å². The standard InChI is InChI=1S/C16H13N3O3/c20-15-11-10-18(16(21)13-4-3-9-22-13)8-6-12(11)17-14-5-1-2-7-19(14)15/h1-5,7,9H,6,8,10H2. The van der Waals surface area contributed by atoms with Crippen LogP contribution in [0.15, 0.2) is 52.0 Å². The van der Waals surface area contributed by atoms with E-state index in [1.165, 1.54) is 10.7 Å². The highest BCUT2D eigenvalue weighted by molar-refractivity contribution is 5.91. The Balaban J connectivity index is 1.76. The molecule has 0 saturated carbocycles. The van der Waals surface area contributed by atoms with Crippen LogP contribution in [0.2, 0.25) is 0 Å². The third-order valence-electron chi connectivity index (χ3n) is 3.90. The summed E-state index contributed by atoms with van der Waals surface area (Å²) in [6.07, 6.45) is 3.73. The number of amides is 1. The van der Waals surface area contributed by atoms with Crippen molar-refractivity contribution in [1.82, 2.24) is 14.3 Å². The molecular formula is C16H13N3O3. The van der Waals surface area contributed by atoms with Gasteiger partial charge in [0.25, 0.3) is 11.5 Å².